The minimum Gasteiger partial charge on any atom is -0.493 e. The zero-order valence-electron chi connectivity index (χ0n) is 18.2. The van der Waals surface area contributed by atoms with E-state index in [1.54, 1.807) is 6.07 Å². The molecule has 0 radical (unpaired) electrons. The number of ether oxygens (including phenoxy) is 2. The third kappa shape index (κ3) is 4.32. The Kier molecular flexibility index (Phi) is 6.16. The van der Waals surface area contributed by atoms with Crippen molar-refractivity contribution in [3.8, 4) is 22.9 Å². The molecule has 1 aromatic heterocycles. The number of hydrogen-bond acceptors (Lipinski definition) is 5. The minimum absolute atomic E-state index is 0.115. The fourth-order valence-electron chi connectivity index (χ4n) is 3.58. The second-order valence-corrected chi connectivity index (χ2v) is 9.12. The molecule has 0 fully saturated rings. The van der Waals surface area contributed by atoms with E-state index in [2.05, 4.69) is 4.72 Å². The maximum atomic E-state index is 12.9. The topological polar surface area (TPSA) is 82.5 Å². The van der Waals surface area contributed by atoms with E-state index in [1.807, 2.05) is 60.0 Å². The van der Waals surface area contributed by atoms with E-state index in [4.69, 9.17) is 14.5 Å². The summed E-state index contributed by atoms with van der Waals surface area (Å²) in [7, 11) is -0.751. The molecule has 1 N–H and O–H groups in total. The van der Waals surface area contributed by atoms with Crippen molar-refractivity contribution in [3.63, 3.8) is 0 Å². The van der Waals surface area contributed by atoms with Crippen molar-refractivity contribution in [2.45, 2.75) is 18.4 Å². The third-order valence-electron chi connectivity index (χ3n) is 5.26. The number of methoxy groups -OCH3 is 2. The first-order valence-electron chi connectivity index (χ1n) is 10.2. The van der Waals surface area contributed by atoms with Crippen LogP contribution < -0.4 is 14.2 Å². The van der Waals surface area contributed by atoms with Crippen LogP contribution in [0.4, 0.5) is 0 Å². The first-order valence-corrected chi connectivity index (χ1v) is 11.7. The Labute approximate surface area is 187 Å². The summed E-state index contributed by atoms with van der Waals surface area (Å²) in [4.78, 5) is 4.90. The molecule has 7 nitrogen and oxygen atoms in total. The van der Waals surface area contributed by atoms with E-state index in [1.165, 1.54) is 31.9 Å². The van der Waals surface area contributed by atoms with Gasteiger partial charge in [0.25, 0.3) is 0 Å². The molecule has 0 amide bonds. The fraction of sp³-hybridized carbons (Fsp3) is 0.208. The number of aryl methyl sites for hydroxylation is 1. The van der Waals surface area contributed by atoms with Crippen LogP contribution in [0.5, 0.6) is 11.5 Å². The van der Waals surface area contributed by atoms with Gasteiger partial charge in [-0.05, 0) is 31.2 Å². The Balaban J connectivity index is 1.59. The highest BCUT2D eigenvalue weighted by Crippen LogP contribution is 2.29. The van der Waals surface area contributed by atoms with E-state index in [0.717, 1.165) is 22.4 Å². The Hall–Kier alpha value is -3.36. The van der Waals surface area contributed by atoms with Crippen molar-refractivity contribution in [3.05, 3.63) is 72.3 Å². The Morgan fingerprint density at radius 2 is 1.66 bits per heavy atom. The van der Waals surface area contributed by atoms with Crippen LogP contribution in [0.1, 0.15) is 5.56 Å². The monoisotopic (exact) mass is 451 g/mol. The summed E-state index contributed by atoms with van der Waals surface area (Å²) in [5.74, 6) is 1.63. The van der Waals surface area contributed by atoms with Gasteiger partial charge in [0, 0.05) is 24.7 Å². The van der Waals surface area contributed by atoms with Gasteiger partial charge in [0.1, 0.15) is 5.82 Å². The standard InChI is InChI=1S/C24H25N3O4S/c1-17-8-10-18(11-9-17)24-26-20-6-4-5-7-21(20)27(24)15-14-25-32(28,29)19-12-13-22(30-2)23(16-19)31-3/h4-13,16,25H,14-15H2,1-3H3. The quantitative estimate of drug-likeness (QED) is 0.438. The third-order valence-corrected chi connectivity index (χ3v) is 6.72. The van der Waals surface area contributed by atoms with Crippen molar-refractivity contribution in [1.82, 2.24) is 14.3 Å². The molecule has 32 heavy (non-hydrogen) atoms. The van der Waals surface area contributed by atoms with Crippen molar-refractivity contribution < 1.29 is 17.9 Å². The van der Waals surface area contributed by atoms with Crippen molar-refractivity contribution in [1.29, 1.82) is 0 Å². The van der Waals surface area contributed by atoms with E-state index in [-0.39, 0.29) is 11.4 Å². The number of imidazole rings is 1. The van der Waals surface area contributed by atoms with Crippen LogP contribution in [-0.2, 0) is 16.6 Å². The molecular formula is C24H25N3O4S. The van der Waals surface area contributed by atoms with Gasteiger partial charge in [-0.1, -0.05) is 42.0 Å². The van der Waals surface area contributed by atoms with Gasteiger partial charge in [-0.25, -0.2) is 18.1 Å². The van der Waals surface area contributed by atoms with Crippen LogP contribution in [-0.4, -0.2) is 38.7 Å². The lowest BCUT2D eigenvalue weighted by atomic mass is 10.1. The molecule has 0 saturated carbocycles. The zero-order valence-corrected chi connectivity index (χ0v) is 19.0. The normalized spacial score (nSPS) is 11.6. The number of hydrogen-bond donors (Lipinski definition) is 1. The summed E-state index contributed by atoms with van der Waals surface area (Å²) in [6, 6.07) is 20.5. The molecule has 4 aromatic rings. The fourth-order valence-corrected chi connectivity index (χ4v) is 4.62. The highest BCUT2D eigenvalue weighted by Gasteiger charge is 2.18. The second-order valence-electron chi connectivity index (χ2n) is 7.36. The average molecular weight is 452 g/mol. The van der Waals surface area contributed by atoms with Gasteiger partial charge in [-0.15, -0.1) is 0 Å². The SMILES string of the molecule is COc1ccc(S(=O)(=O)NCCn2c(-c3ccc(C)cc3)nc3ccccc32)cc1OC. The Morgan fingerprint density at radius 3 is 2.38 bits per heavy atom. The molecule has 166 valence electrons. The van der Waals surface area contributed by atoms with Crippen LogP contribution in [0.25, 0.3) is 22.4 Å². The summed E-state index contributed by atoms with van der Waals surface area (Å²) in [6.45, 7) is 2.67. The van der Waals surface area contributed by atoms with Gasteiger partial charge in [0.2, 0.25) is 10.0 Å². The van der Waals surface area contributed by atoms with Crippen LogP contribution in [0.15, 0.2) is 71.6 Å². The number of aromatic nitrogens is 2. The molecule has 4 rings (SSSR count). The van der Waals surface area contributed by atoms with Gasteiger partial charge in [0.15, 0.2) is 11.5 Å². The molecule has 1 heterocycles. The van der Waals surface area contributed by atoms with E-state index < -0.39 is 10.0 Å². The van der Waals surface area contributed by atoms with Crippen LogP contribution in [0, 0.1) is 6.92 Å². The first kappa shape index (κ1) is 21.9. The lowest BCUT2D eigenvalue weighted by Gasteiger charge is -2.13. The van der Waals surface area contributed by atoms with Gasteiger partial charge < -0.3 is 14.0 Å². The van der Waals surface area contributed by atoms with Gasteiger partial charge >= 0.3 is 0 Å². The predicted molar refractivity (Wildman–Crippen MR) is 125 cm³/mol. The lowest BCUT2D eigenvalue weighted by molar-refractivity contribution is 0.354. The van der Waals surface area contributed by atoms with Gasteiger partial charge in [-0.3, -0.25) is 0 Å². The number of rotatable bonds is 8. The van der Waals surface area contributed by atoms with E-state index in [0.29, 0.717) is 18.0 Å². The Bertz CT molecular complexity index is 1350. The van der Waals surface area contributed by atoms with Crippen molar-refractivity contribution in [2.24, 2.45) is 0 Å². The molecule has 0 bridgehead atoms. The summed E-state index contributed by atoms with van der Waals surface area (Å²) < 4.78 is 40.8. The molecule has 3 aromatic carbocycles. The van der Waals surface area contributed by atoms with Crippen LogP contribution in [0.3, 0.4) is 0 Å². The molecule has 0 aliphatic rings. The highest BCUT2D eigenvalue weighted by atomic mass is 32.2. The number of benzene rings is 3. The lowest BCUT2D eigenvalue weighted by Crippen LogP contribution is -2.27. The summed E-state index contributed by atoms with van der Waals surface area (Å²) in [5.41, 5.74) is 3.97. The molecule has 0 unspecified atom stereocenters. The Morgan fingerprint density at radius 1 is 0.938 bits per heavy atom. The summed E-state index contributed by atoms with van der Waals surface area (Å²) >= 11 is 0. The zero-order chi connectivity index (χ0) is 22.7. The number of nitrogens with zero attached hydrogens (tertiary/aromatic N) is 2. The molecule has 0 aliphatic heterocycles. The van der Waals surface area contributed by atoms with E-state index in [9.17, 15) is 8.42 Å². The molecular weight excluding hydrogens is 426 g/mol. The number of nitrogens with one attached hydrogen (secondary N) is 1. The molecule has 8 heteroatoms. The van der Waals surface area contributed by atoms with Crippen LogP contribution >= 0.6 is 0 Å². The molecule has 0 aliphatic carbocycles. The largest absolute Gasteiger partial charge is 0.493 e. The molecule has 0 saturated heterocycles. The second kappa shape index (κ2) is 9.02. The highest BCUT2D eigenvalue weighted by molar-refractivity contribution is 7.89. The maximum absolute atomic E-state index is 12.9. The number of sulfonamides is 1. The maximum Gasteiger partial charge on any atom is 0.240 e. The molecule has 0 spiro atoms. The van der Waals surface area contributed by atoms with Gasteiger partial charge in [0.05, 0.1) is 30.1 Å². The predicted octanol–water partition coefficient (Wildman–Crippen LogP) is 4.01. The minimum atomic E-state index is -3.73. The van der Waals surface area contributed by atoms with Crippen molar-refractivity contribution >= 4 is 21.1 Å². The van der Waals surface area contributed by atoms with Crippen molar-refractivity contribution in [2.75, 3.05) is 20.8 Å². The average Bonchev–Trinajstić information content (AvgIpc) is 3.17. The van der Waals surface area contributed by atoms with Crippen LogP contribution in [0.2, 0.25) is 0 Å². The molecule has 0 atom stereocenters. The number of fused-ring (bicyclic) bond motifs is 1. The smallest absolute Gasteiger partial charge is 0.240 e. The summed E-state index contributed by atoms with van der Waals surface area (Å²) in [5, 5.41) is 0. The van der Waals surface area contributed by atoms with E-state index >= 15 is 0 Å². The van der Waals surface area contributed by atoms with Gasteiger partial charge in [-0.2, -0.15) is 0 Å². The summed E-state index contributed by atoms with van der Waals surface area (Å²) in [6.07, 6.45) is 0. The number of para-hydroxylation sites is 2. The first-order chi connectivity index (χ1) is 15.4.